The van der Waals surface area contributed by atoms with Crippen LogP contribution in [0.3, 0.4) is 0 Å². The van der Waals surface area contributed by atoms with Crippen LogP contribution in [0.1, 0.15) is 47.7 Å². The maximum absolute atomic E-state index is 12.7. The van der Waals surface area contributed by atoms with Gasteiger partial charge in [0.25, 0.3) is 0 Å². The molecule has 2 heterocycles. The van der Waals surface area contributed by atoms with Gasteiger partial charge in [0.05, 0.1) is 18.9 Å². The number of methoxy groups -OCH3 is 1. The van der Waals surface area contributed by atoms with Crippen molar-refractivity contribution in [3.8, 4) is 0 Å². The van der Waals surface area contributed by atoms with Crippen LogP contribution >= 0.6 is 11.9 Å². The third kappa shape index (κ3) is 3.31. The largest absolute Gasteiger partial charge is 0.374 e. The van der Waals surface area contributed by atoms with Gasteiger partial charge in [0.2, 0.25) is 0 Å². The van der Waals surface area contributed by atoms with Gasteiger partial charge in [-0.25, -0.2) is 4.79 Å². The van der Waals surface area contributed by atoms with E-state index >= 15 is 0 Å². The van der Waals surface area contributed by atoms with E-state index < -0.39 is 5.60 Å². The molecular weight excluding hydrogens is 400 g/mol. The lowest BCUT2D eigenvalue weighted by molar-refractivity contribution is -0.206. The number of aryl methyl sites for hydroxylation is 3. The zero-order chi connectivity index (χ0) is 20.7. The Kier molecular flexibility index (Phi) is 5.24. The van der Waals surface area contributed by atoms with Crippen LogP contribution in [0.25, 0.3) is 0 Å². The number of nitrogens with zero attached hydrogens (tertiary/aromatic N) is 2. The Morgan fingerprint density at radius 3 is 2.47 bits per heavy atom. The number of benzene rings is 1. The van der Waals surface area contributed by atoms with Crippen LogP contribution in [-0.4, -0.2) is 36.1 Å². The van der Waals surface area contributed by atoms with E-state index in [9.17, 15) is 4.79 Å². The third-order valence-corrected chi connectivity index (χ3v) is 7.24. The zero-order valence-corrected chi connectivity index (χ0v) is 18.4. The fraction of sp³-hybridized carbons (Fsp3) is 0.545. The second kappa shape index (κ2) is 7.90. The van der Waals surface area contributed by atoms with Crippen LogP contribution in [0, 0.1) is 0 Å². The molecule has 1 aromatic heterocycles. The van der Waals surface area contributed by atoms with Gasteiger partial charge in [0.1, 0.15) is 5.03 Å². The Morgan fingerprint density at radius 2 is 1.90 bits per heavy atom. The van der Waals surface area contributed by atoms with Crippen LogP contribution < -0.4 is 10.0 Å². The van der Waals surface area contributed by atoms with Crippen LogP contribution in [0.15, 0.2) is 17.2 Å². The van der Waals surface area contributed by atoms with Crippen molar-refractivity contribution < 1.29 is 14.3 Å². The minimum Gasteiger partial charge on any atom is -0.374 e. The molecule has 30 heavy (non-hydrogen) atoms. The summed E-state index contributed by atoms with van der Waals surface area (Å²) in [6, 6.07) is 4.16. The molecule has 0 saturated carbocycles. The van der Waals surface area contributed by atoms with Crippen molar-refractivity contribution in [1.29, 1.82) is 0 Å². The SMILES string of the molecule is CCn1nc(SNC(=O)Nc2c3c(cc4c2CCC4)CCC3)cc1C1(OC)COC1. The van der Waals surface area contributed by atoms with Crippen molar-refractivity contribution in [2.75, 3.05) is 25.6 Å². The molecular formula is C22H28N4O3S. The number of aromatic nitrogens is 2. The van der Waals surface area contributed by atoms with Crippen molar-refractivity contribution in [2.45, 2.75) is 62.6 Å². The second-order valence-corrected chi connectivity index (χ2v) is 9.09. The smallest absolute Gasteiger partial charge is 0.329 e. The molecule has 160 valence electrons. The van der Waals surface area contributed by atoms with Gasteiger partial charge in [-0.1, -0.05) is 6.07 Å². The molecule has 7 nitrogen and oxygen atoms in total. The Bertz CT molecular complexity index is 945. The summed E-state index contributed by atoms with van der Waals surface area (Å²) >= 11 is 1.24. The molecule has 0 atom stereocenters. The molecule has 0 unspecified atom stereocenters. The highest BCUT2D eigenvalue weighted by molar-refractivity contribution is 7.97. The van der Waals surface area contributed by atoms with Crippen LogP contribution in [0.2, 0.25) is 0 Å². The summed E-state index contributed by atoms with van der Waals surface area (Å²) < 4.78 is 15.9. The maximum atomic E-state index is 12.7. The summed E-state index contributed by atoms with van der Waals surface area (Å²) in [7, 11) is 1.70. The third-order valence-electron chi connectivity index (χ3n) is 6.54. The van der Waals surface area contributed by atoms with E-state index in [0.29, 0.717) is 13.2 Å². The summed E-state index contributed by atoms with van der Waals surface area (Å²) in [6.07, 6.45) is 6.69. The van der Waals surface area contributed by atoms with Gasteiger partial charge in [-0.3, -0.25) is 9.40 Å². The van der Waals surface area contributed by atoms with Gasteiger partial charge in [0, 0.05) is 31.3 Å². The van der Waals surface area contributed by atoms with Gasteiger partial charge in [-0.05, 0) is 73.8 Å². The van der Waals surface area contributed by atoms with Gasteiger partial charge < -0.3 is 14.8 Å². The van der Waals surface area contributed by atoms with Crippen molar-refractivity contribution in [3.05, 3.63) is 40.1 Å². The van der Waals surface area contributed by atoms with Gasteiger partial charge in [-0.15, -0.1) is 0 Å². The quantitative estimate of drug-likeness (QED) is 0.688. The number of carbonyl (C=O) groups excluding carboxylic acids is 1. The van der Waals surface area contributed by atoms with E-state index in [0.717, 1.165) is 48.6 Å². The summed E-state index contributed by atoms with van der Waals surface area (Å²) in [4.78, 5) is 12.7. The van der Waals surface area contributed by atoms with E-state index in [1.165, 1.54) is 47.0 Å². The molecule has 1 fully saturated rings. The molecule has 0 spiro atoms. The van der Waals surface area contributed by atoms with E-state index in [-0.39, 0.29) is 6.03 Å². The second-order valence-electron chi connectivity index (χ2n) is 8.27. The molecule has 2 aliphatic carbocycles. The number of hydrogen-bond acceptors (Lipinski definition) is 5. The average Bonchev–Trinajstić information content (AvgIpc) is 3.45. The van der Waals surface area contributed by atoms with Crippen molar-refractivity contribution in [3.63, 3.8) is 0 Å². The Balaban J connectivity index is 1.30. The Hall–Kier alpha value is -2.03. The number of carbonyl (C=O) groups is 1. The Labute approximate surface area is 181 Å². The summed E-state index contributed by atoms with van der Waals surface area (Å²) in [5.74, 6) is 0. The monoisotopic (exact) mass is 428 g/mol. The lowest BCUT2D eigenvalue weighted by atomic mass is 9.97. The summed E-state index contributed by atoms with van der Waals surface area (Å²) in [6.45, 7) is 3.83. The van der Waals surface area contributed by atoms with Crippen molar-refractivity contribution in [1.82, 2.24) is 14.5 Å². The fourth-order valence-corrected chi connectivity index (χ4v) is 5.47. The number of nitrogens with one attached hydrogen (secondary N) is 2. The minimum absolute atomic E-state index is 0.199. The normalized spacial score (nSPS) is 18.6. The Morgan fingerprint density at radius 1 is 1.20 bits per heavy atom. The first kappa shape index (κ1) is 19.9. The van der Waals surface area contributed by atoms with Crippen LogP contribution in [0.5, 0.6) is 0 Å². The molecule has 0 bridgehead atoms. The van der Waals surface area contributed by atoms with Gasteiger partial charge in [0.15, 0.2) is 5.60 Å². The van der Waals surface area contributed by atoms with Gasteiger partial charge >= 0.3 is 6.03 Å². The number of rotatable bonds is 6. The molecule has 1 aromatic carbocycles. The van der Waals surface area contributed by atoms with E-state index in [1.807, 2.05) is 17.7 Å². The first-order valence-electron chi connectivity index (χ1n) is 10.7. The molecule has 2 N–H and O–H groups in total. The van der Waals surface area contributed by atoms with Crippen LogP contribution in [0.4, 0.5) is 10.5 Å². The number of fused-ring (bicyclic) bond motifs is 2. The fourth-order valence-electron chi connectivity index (χ4n) is 4.91. The number of anilines is 1. The number of urea groups is 1. The lowest BCUT2D eigenvalue weighted by Crippen LogP contribution is -2.49. The minimum atomic E-state index is -0.435. The molecule has 1 aliphatic heterocycles. The van der Waals surface area contributed by atoms with E-state index in [2.05, 4.69) is 21.2 Å². The lowest BCUT2D eigenvalue weighted by Gasteiger charge is -2.39. The highest BCUT2D eigenvalue weighted by Gasteiger charge is 2.43. The molecule has 8 heteroatoms. The highest BCUT2D eigenvalue weighted by atomic mass is 32.2. The van der Waals surface area contributed by atoms with E-state index in [4.69, 9.17) is 9.47 Å². The van der Waals surface area contributed by atoms with Crippen molar-refractivity contribution in [2.24, 2.45) is 0 Å². The number of amides is 2. The predicted molar refractivity (Wildman–Crippen MR) is 116 cm³/mol. The first-order valence-corrected chi connectivity index (χ1v) is 11.6. The molecule has 1 saturated heterocycles. The van der Waals surface area contributed by atoms with Crippen LogP contribution in [-0.2, 0) is 47.3 Å². The molecule has 2 amide bonds. The summed E-state index contributed by atoms with van der Waals surface area (Å²) in [5.41, 5.74) is 7.10. The highest BCUT2D eigenvalue weighted by Crippen LogP contribution is 2.39. The molecule has 3 aliphatic rings. The molecule has 0 radical (unpaired) electrons. The topological polar surface area (TPSA) is 77.4 Å². The zero-order valence-electron chi connectivity index (χ0n) is 17.5. The number of ether oxygens (including phenoxy) is 2. The average molecular weight is 429 g/mol. The van der Waals surface area contributed by atoms with Crippen molar-refractivity contribution >= 4 is 23.7 Å². The predicted octanol–water partition coefficient (Wildman–Crippen LogP) is 3.58. The molecule has 2 aromatic rings. The first-order chi connectivity index (χ1) is 14.6. The summed E-state index contributed by atoms with van der Waals surface area (Å²) in [5, 5.41) is 8.53. The van der Waals surface area contributed by atoms with Gasteiger partial charge in [-0.2, -0.15) is 5.10 Å². The van der Waals surface area contributed by atoms with E-state index in [1.54, 1.807) is 7.11 Å². The number of hydrogen-bond donors (Lipinski definition) is 2. The standard InChI is InChI=1S/C22H28N4O3S/c1-3-26-18(22(28-2)12-29-13-22)11-19(24-26)30-25-21(27)23-20-16-8-4-6-14(16)10-15-7-5-9-17(15)20/h10-11H,3-9,12-13H2,1-2H3,(H2,23,25,27). The molecule has 5 rings (SSSR count). The maximum Gasteiger partial charge on any atom is 0.329 e.